The van der Waals surface area contributed by atoms with E-state index in [1.54, 1.807) is 14.2 Å². The fourth-order valence-electron chi connectivity index (χ4n) is 6.19. The Morgan fingerprint density at radius 2 is 1.65 bits per heavy atom. The molecule has 1 fully saturated rings. The normalized spacial score (nSPS) is 18.1. The first-order valence-corrected chi connectivity index (χ1v) is 16.7. The lowest BCUT2D eigenvalue weighted by Gasteiger charge is -2.42. The van der Waals surface area contributed by atoms with Gasteiger partial charge in [0.2, 0.25) is 0 Å². The molecule has 1 aromatic carbocycles. The monoisotopic (exact) mass is 593 g/mol. The van der Waals surface area contributed by atoms with Crippen LogP contribution in [0, 0.1) is 0 Å². The number of hydrogen-bond acceptors (Lipinski definition) is 5. The van der Waals surface area contributed by atoms with E-state index < -0.39 is 8.32 Å². The zero-order valence-corrected chi connectivity index (χ0v) is 26.3. The van der Waals surface area contributed by atoms with Gasteiger partial charge >= 0.3 is 5.97 Å². The minimum atomic E-state index is -2.20. The topological polar surface area (TPSA) is 58.9 Å². The molecule has 0 N–H and O–H groups in total. The maximum absolute atomic E-state index is 12.4. The molecule has 37 heavy (non-hydrogen) atoms. The predicted octanol–water partition coefficient (Wildman–Crippen LogP) is 7.68. The van der Waals surface area contributed by atoms with Crippen molar-refractivity contribution in [1.82, 2.24) is 4.57 Å². The molecule has 0 amide bonds. The molecule has 1 aliphatic heterocycles. The van der Waals surface area contributed by atoms with Crippen LogP contribution in [0.15, 0.2) is 30.3 Å². The summed E-state index contributed by atoms with van der Waals surface area (Å²) in [5, 5.41) is 0.889. The minimum absolute atomic E-state index is 0.00254. The number of cyclic esters (lactones) is 1. The van der Waals surface area contributed by atoms with Gasteiger partial charge in [-0.15, -0.1) is 0 Å². The Morgan fingerprint density at radius 1 is 1.00 bits per heavy atom. The molecule has 0 radical (unpaired) electrons. The second-order valence-corrected chi connectivity index (χ2v) is 17.1. The Labute approximate surface area is 232 Å². The number of alkyl halides is 1. The molecular formula is C29H44BrNO5Si. The SMILES string of the molecule is COc1ccc(Cn2c(O[Si](C(C)C)(C(C)C)C(C)C)ccc2[C@H]2CC(=O)O[C@@H]2CCCBr)cc1OC. The summed E-state index contributed by atoms with van der Waals surface area (Å²) in [7, 11) is 1.10. The first kappa shape index (κ1) is 29.6. The fourth-order valence-corrected chi connectivity index (χ4v) is 11.8. The fraction of sp³-hybridized carbons (Fsp3) is 0.621. The van der Waals surface area contributed by atoms with Crippen LogP contribution in [0.25, 0.3) is 0 Å². The van der Waals surface area contributed by atoms with Crippen LogP contribution < -0.4 is 13.9 Å². The van der Waals surface area contributed by atoms with Crippen molar-refractivity contribution in [3.05, 3.63) is 41.6 Å². The summed E-state index contributed by atoms with van der Waals surface area (Å²) in [4.78, 5) is 12.4. The summed E-state index contributed by atoms with van der Waals surface area (Å²) in [5.41, 5.74) is 3.51. The number of ether oxygens (including phenoxy) is 3. The van der Waals surface area contributed by atoms with Crippen LogP contribution in [0.4, 0.5) is 0 Å². The van der Waals surface area contributed by atoms with Crippen LogP contribution in [-0.4, -0.2) is 44.5 Å². The molecule has 6 nitrogen and oxygen atoms in total. The van der Waals surface area contributed by atoms with Gasteiger partial charge in [-0.3, -0.25) is 4.79 Å². The predicted molar refractivity (Wildman–Crippen MR) is 155 cm³/mol. The third-order valence-electron chi connectivity index (χ3n) is 7.87. The molecule has 1 saturated heterocycles. The van der Waals surface area contributed by atoms with E-state index >= 15 is 0 Å². The van der Waals surface area contributed by atoms with E-state index in [-0.39, 0.29) is 18.0 Å². The molecule has 0 saturated carbocycles. The van der Waals surface area contributed by atoms with Gasteiger partial charge < -0.3 is 23.2 Å². The number of benzene rings is 1. The van der Waals surface area contributed by atoms with Crippen LogP contribution in [0.5, 0.6) is 17.4 Å². The number of esters is 1. The van der Waals surface area contributed by atoms with E-state index in [0.29, 0.717) is 41.1 Å². The summed E-state index contributed by atoms with van der Waals surface area (Å²) in [5.74, 6) is 2.15. The van der Waals surface area contributed by atoms with E-state index in [2.05, 4.69) is 80.2 Å². The second kappa shape index (κ2) is 12.7. The van der Waals surface area contributed by atoms with Gasteiger partial charge in [-0.1, -0.05) is 63.5 Å². The highest BCUT2D eigenvalue weighted by atomic mass is 79.9. The summed E-state index contributed by atoms with van der Waals surface area (Å²) in [6.07, 6.45) is 2.06. The number of halogens is 1. The van der Waals surface area contributed by atoms with Crippen LogP contribution in [0.2, 0.25) is 16.6 Å². The largest absolute Gasteiger partial charge is 0.531 e. The van der Waals surface area contributed by atoms with Gasteiger partial charge in [-0.05, 0) is 59.3 Å². The number of rotatable bonds is 13. The molecule has 3 rings (SSSR count). The highest BCUT2D eigenvalue weighted by Crippen LogP contribution is 2.45. The highest BCUT2D eigenvalue weighted by Gasteiger charge is 2.48. The average Bonchev–Trinajstić information content (AvgIpc) is 3.42. The maximum Gasteiger partial charge on any atom is 0.306 e. The van der Waals surface area contributed by atoms with Crippen molar-refractivity contribution in [2.45, 2.75) is 96.0 Å². The zero-order valence-electron chi connectivity index (χ0n) is 23.7. The lowest BCUT2D eigenvalue weighted by atomic mass is 9.94. The molecule has 0 spiro atoms. The highest BCUT2D eigenvalue weighted by molar-refractivity contribution is 9.09. The molecule has 0 aliphatic carbocycles. The van der Waals surface area contributed by atoms with Crippen LogP contribution in [0.1, 0.15) is 78.0 Å². The van der Waals surface area contributed by atoms with Gasteiger partial charge in [0.15, 0.2) is 17.4 Å². The van der Waals surface area contributed by atoms with Crippen molar-refractivity contribution in [3.8, 4) is 17.4 Å². The number of methoxy groups -OCH3 is 2. The summed E-state index contributed by atoms with van der Waals surface area (Å²) < 4.78 is 26.3. The number of aromatic nitrogens is 1. The quantitative estimate of drug-likeness (QED) is 0.135. The van der Waals surface area contributed by atoms with E-state index in [0.717, 1.165) is 35.3 Å². The number of nitrogens with zero attached hydrogens (tertiary/aromatic N) is 1. The molecule has 1 aromatic heterocycles. The van der Waals surface area contributed by atoms with Crippen LogP contribution >= 0.6 is 15.9 Å². The van der Waals surface area contributed by atoms with E-state index in [1.165, 1.54) is 0 Å². The molecule has 206 valence electrons. The lowest BCUT2D eigenvalue weighted by molar-refractivity contribution is -0.141. The standard InChI is InChI=1S/C29H44BrNO5Si/c1-19(2)37(20(3)4,21(5)6)36-28-14-12-24(23-17-29(32)35-25(23)10-9-15-30)31(28)18-22-11-13-26(33-7)27(16-22)34-8/h11-14,16,19-21,23,25H,9-10,15,17-18H2,1-8H3/t23-,25-/m1/s1. The van der Waals surface area contributed by atoms with Crippen molar-refractivity contribution in [2.24, 2.45) is 0 Å². The Bertz CT molecular complexity index is 1030. The molecule has 2 aromatic rings. The first-order chi connectivity index (χ1) is 17.6. The van der Waals surface area contributed by atoms with E-state index in [4.69, 9.17) is 18.6 Å². The molecule has 8 heteroatoms. The Kier molecular flexibility index (Phi) is 10.2. The Hall–Kier alpha value is -1.93. The lowest BCUT2D eigenvalue weighted by Crippen LogP contribution is -2.51. The molecule has 2 atom stereocenters. The zero-order chi connectivity index (χ0) is 27.3. The van der Waals surface area contributed by atoms with Crippen LogP contribution in [0.3, 0.4) is 0 Å². The molecule has 1 aliphatic rings. The summed E-state index contributed by atoms with van der Waals surface area (Å²) >= 11 is 3.53. The third-order valence-corrected chi connectivity index (χ3v) is 14.4. The molecule has 0 bridgehead atoms. The van der Waals surface area contributed by atoms with Gasteiger partial charge in [-0.2, -0.15) is 0 Å². The van der Waals surface area contributed by atoms with Gasteiger partial charge in [0, 0.05) is 16.9 Å². The maximum atomic E-state index is 12.4. The van der Waals surface area contributed by atoms with Crippen molar-refractivity contribution in [1.29, 1.82) is 0 Å². The second-order valence-electron chi connectivity index (χ2n) is 11.0. The van der Waals surface area contributed by atoms with Gasteiger partial charge in [0.25, 0.3) is 8.32 Å². The average molecular weight is 595 g/mol. The van der Waals surface area contributed by atoms with E-state index in [1.807, 2.05) is 12.1 Å². The molecular weight excluding hydrogens is 550 g/mol. The van der Waals surface area contributed by atoms with Gasteiger partial charge in [0.05, 0.1) is 27.2 Å². The Balaban J connectivity index is 2.11. The minimum Gasteiger partial charge on any atom is -0.531 e. The van der Waals surface area contributed by atoms with Gasteiger partial charge in [-0.25, -0.2) is 0 Å². The number of carbonyl (C=O) groups is 1. The summed E-state index contributed by atoms with van der Waals surface area (Å²) in [6, 6.07) is 10.3. The summed E-state index contributed by atoms with van der Waals surface area (Å²) in [6.45, 7) is 14.4. The van der Waals surface area contributed by atoms with Crippen molar-refractivity contribution < 1.29 is 23.4 Å². The molecule has 0 unspecified atom stereocenters. The molecule has 2 heterocycles. The van der Waals surface area contributed by atoms with Crippen molar-refractivity contribution >= 4 is 30.2 Å². The smallest absolute Gasteiger partial charge is 0.306 e. The van der Waals surface area contributed by atoms with Gasteiger partial charge in [0.1, 0.15) is 6.10 Å². The first-order valence-electron chi connectivity index (χ1n) is 13.4. The number of hydrogen-bond donors (Lipinski definition) is 0. The van der Waals surface area contributed by atoms with Crippen molar-refractivity contribution in [3.63, 3.8) is 0 Å². The van der Waals surface area contributed by atoms with Crippen LogP contribution in [-0.2, 0) is 16.1 Å². The Morgan fingerprint density at radius 3 is 2.22 bits per heavy atom. The van der Waals surface area contributed by atoms with E-state index in [9.17, 15) is 4.79 Å². The third kappa shape index (κ3) is 6.22. The number of carbonyl (C=O) groups excluding carboxylic acids is 1. The van der Waals surface area contributed by atoms with Crippen molar-refractivity contribution in [2.75, 3.05) is 19.5 Å².